The molecule has 2 rings (SSSR count). The molecule has 1 aliphatic heterocycles. The standard InChI is InChI=1S/C12H16ClN/c1-8-9(2)14-6-5-10-3-4-11(13)7-12(8)10/h3-4,7-9,14H,5-6H2,1-2H3/t8-,9?/m0/s1/i6D2,9D. The normalized spacial score (nSPS) is 38.8. The summed E-state index contributed by atoms with van der Waals surface area (Å²) in [6.07, 6.45) is 0.262. The molecule has 76 valence electrons. The van der Waals surface area contributed by atoms with E-state index in [1.54, 1.807) is 13.0 Å². The quantitative estimate of drug-likeness (QED) is 0.697. The molecule has 0 bridgehead atoms. The summed E-state index contributed by atoms with van der Waals surface area (Å²) in [5.41, 5.74) is 1.89. The molecule has 0 fully saturated rings. The fourth-order valence-electron chi connectivity index (χ4n) is 1.75. The van der Waals surface area contributed by atoms with E-state index in [1.807, 2.05) is 19.1 Å². The van der Waals surface area contributed by atoms with Gasteiger partial charge in [-0.25, -0.2) is 0 Å². The number of fused-ring (bicyclic) bond motifs is 1. The molecule has 0 aliphatic carbocycles. The van der Waals surface area contributed by atoms with E-state index in [2.05, 4.69) is 5.32 Å². The maximum Gasteiger partial charge on any atom is 0.0468 e. The summed E-state index contributed by atoms with van der Waals surface area (Å²) in [5.74, 6) is -0.117. The van der Waals surface area contributed by atoms with Gasteiger partial charge in [0.15, 0.2) is 0 Å². The third-order valence-corrected chi connectivity index (χ3v) is 3.02. The third kappa shape index (κ3) is 1.79. The van der Waals surface area contributed by atoms with Crippen LogP contribution >= 0.6 is 11.6 Å². The van der Waals surface area contributed by atoms with Gasteiger partial charge in [-0.05, 0) is 49.0 Å². The second-order valence-electron chi connectivity index (χ2n) is 3.73. The lowest BCUT2D eigenvalue weighted by Crippen LogP contribution is -2.29. The van der Waals surface area contributed by atoms with Crippen molar-refractivity contribution in [1.29, 1.82) is 0 Å². The second kappa shape index (κ2) is 3.92. The lowest BCUT2D eigenvalue weighted by atomic mass is 9.91. The van der Waals surface area contributed by atoms with E-state index in [-0.39, 0.29) is 12.3 Å². The average Bonchev–Trinajstić information content (AvgIpc) is 2.22. The molecular weight excluding hydrogens is 194 g/mol. The molecular formula is C12H16ClN. The van der Waals surface area contributed by atoms with E-state index in [0.717, 1.165) is 11.1 Å². The fraction of sp³-hybridized carbons (Fsp3) is 0.500. The van der Waals surface area contributed by atoms with E-state index in [1.165, 1.54) is 0 Å². The highest BCUT2D eigenvalue weighted by Gasteiger charge is 2.20. The first-order chi connectivity index (χ1) is 7.71. The number of aryl methyl sites for hydroxylation is 1. The van der Waals surface area contributed by atoms with E-state index in [0.29, 0.717) is 5.02 Å². The second-order valence-corrected chi connectivity index (χ2v) is 4.16. The molecule has 1 aromatic carbocycles. The summed E-state index contributed by atoms with van der Waals surface area (Å²) in [7, 11) is 0. The first-order valence-corrected chi connectivity index (χ1v) is 5.17. The first kappa shape index (κ1) is 6.86. The lowest BCUT2D eigenvalue weighted by Gasteiger charge is -2.19. The molecule has 1 N–H and O–H groups in total. The Balaban J connectivity index is 2.57. The van der Waals surface area contributed by atoms with Crippen LogP contribution in [0.25, 0.3) is 0 Å². The Morgan fingerprint density at radius 1 is 1.57 bits per heavy atom. The van der Waals surface area contributed by atoms with Crippen LogP contribution in [0, 0.1) is 0 Å². The van der Waals surface area contributed by atoms with Gasteiger partial charge in [0.2, 0.25) is 0 Å². The van der Waals surface area contributed by atoms with Crippen LogP contribution in [0.4, 0.5) is 0 Å². The molecule has 0 saturated carbocycles. The smallest absolute Gasteiger partial charge is 0.0468 e. The van der Waals surface area contributed by atoms with Crippen molar-refractivity contribution in [3.63, 3.8) is 0 Å². The third-order valence-electron chi connectivity index (χ3n) is 2.79. The van der Waals surface area contributed by atoms with Crippen molar-refractivity contribution >= 4 is 11.6 Å². The van der Waals surface area contributed by atoms with Crippen LogP contribution < -0.4 is 5.32 Å². The Kier molecular flexibility index (Phi) is 1.92. The number of hydrogen-bond donors (Lipinski definition) is 1. The topological polar surface area (TPSA) is 12.0 Å². The Morgan fingerprint density at radius 3 is 3.14 bits per heavy atom. The van der Waals surface area contributed by atoms with Gasteiger partial charge >= 0.3 is 0 Å². The molecule has 0 saturated heterocycles. The van der Waals surface area contributed by atoms with E-state index >= 15 is 0 Å². The van der Waals surface area contributed by atoms with Gasteiger partial charge in [0, 0.05) is 15.2 Å². The molecule has 0 spiro atoms. The predicted octanol–water partition coefficient (Wildman–Crippen LogP) is 2.98. The minimum absolute atomic E-state index is 0.117. The number of rotatable bonds is 0. The average molecular weight is 213 g/mol. The zero-order valence-electron chi connectivity index (χ0n) is 11.4. The highest BCUT2D eigenvalue weighted by Crippen LogP contribution is 2.28. The van der Waals surface area contributed by atoms with Crippen molar-refractivity contribution < 1.29 is 4.11 Å². The van der Waals surface area contributed by atoms with Gasteiger partial charge in [0.05, 0.1) is 0 Å². The largest absolute Gasteiger partial charge is 0.313 e. The van der Waals surface area contributed by atoms with Crippen LogP contribution in [0.5, 0.6) is 0 Å². The molecule has 1 aliphatic rings. The molecule has 1 unspecified atom stereocenters. The predicted molar refractivity (Wildman–Crippen MR) is 61.0 cm³/mol. The van der Waals surface area contributed by atoms with Gasteiger partial charge in [-0.3, -0.25) is 0 Å². The van der Waals surface area contributed by atoms with E-state index in [4.69, 9.17) is 15.7 Å². The molecule has 2 heteroatoms. The minimum Gasteiger partial charge on any atom is -0.313 e. The van der Waals surface area contributed by atoms with Gasteiger partial charge in [-0.2, -0.15) is 0 Å². The molecule has 14 heavy (non-hydrogen) atoms. The maximum absolute atomic E-state index is 8.23. The van der Waals surface area contributed by atoms with Gasteiger partial charge in [-0.1, -0.05) is 24.6 Å². The van der Waals surface area contributed by atoms with Gasteiger partial charge < -0.3 is 5.32 Å². The molecule has 0 amide bonds. The van der Waals surface area contributed by atoms with Crippen molar-refractivity contribution in [3.8, 4) is 0 Å². The Labute approximate surface area is 94.7 Å². The lowest BCUT2D eigenvalue weighted by molar-refractivity contribution is 0.502. The maximum atomic E-state index is 8.23. The Bertz CT molecular complexity index is 445. The van der Waals surface area contributed by atoms with E-state index < -0.39 is 12.5 Å². The summed E-state index contributed by atoms with van der Waals surface area (Å²) in [6, 6.07) is 4.43. The fourth-order valence-corrected chi connectivity index (χ4v) is 1.93. The minimum atomic E-state index is -1.57. The molecule has 2 atom stereocenters. The monoisotopic (exact) mass is 212 g/mol. The van der Waals surface area contributed by atoms with E-state index in [9.17, 15) is 0 Å². The Hall–Kier alpha value is -0.530. The zero-order valence-corrected chi connectivity index (χ0v) is 9.15. The zero-order chi connectivity index (χ0) is 12.8. The van der Waals surface area contributed by atoms with Gasteiger partial charge in [0.1, 0.15) is 0 Å². The van der Waals surface area contributed by atoms with Crippen LogP contribution in [0.3, 0.4) is 0 Å². The molecule has 1 heterocycles. The number of nitrogens with one attached hydrogen (secondary N) is 1. The number of hydrogen-bond acceptors (Lipinski definition) is 1. The van der Waals surface area contributed by atoms with Gasteiger partial charge in [0.25, 0.3) is 0 Å². The Morgan fingerprint density at radius 2 is 2.36 bits per heavy atom. The molecule has 0 aromatic heterocycles. The summed E-state index contributed by atoms with van der Waals surface area (Å²) >= 11 is 5.98. The summed E-state index contributed by atoms with van der Waals surface area (Å²) in [4.78, 5) is 0. The highest BCUT2D eigenvalue weighted by molar-refractivity contribution is 6.30. The summed E-state index contributed by atoms with van der Waals surface area (Å²) in [6.45, 7) is 2.06. The number of halogens is 1. The van der Waals surface area contributed by atoms with Crippen LogP contribution in [-0.2, 0) is 6.42 Å². The van der Waals surface area contributed by atoms with Crippen LogP contribution in [-0.4, -0.2) is 12.5 Å². The summed E-state index contributed by atoms with van der Waals surface area (Å²) < 4.78 is 24.0. The highest BCUT2D eigenvalue weighted by atomic mass is 35.5. The van der Waals surface area contributed by atoms with Crippen molar-refractivity contribution in [2.24, 2.45) is 0 Å². The first-order valence-electron chi connectivity index (χ1n) is 6.29. The van der Waals surface area contributed by atoms with Crippen LogP contribution in [0.1, 0.15) is 35.0 Å². The van der Waals surface area contributed by atoms with Crippen molar-refractivity contribution in [2.75, 3.05) is 6.50 Å². The molecule has 1 nitrogen and oxygen atoms in total. The number of benzene rings is 1. The summed E-state index contributed by atoms with van der Waals surface area (Å²) in [5, 5.41) is 3.40. The van der Waals surface area contributed by atoms with Crippen molar-refractivity contribution in [1.82, 2.24) is 5.32 Å². The van der Waals surface area contributed by atoms with Crippen LogP contribution in [0.2, 0.25) is 5.02 Å². The van der Waals surface area contributed by atoms with Gasteiger partial charge in [-0.15, -0.1) is 0 Å². The SMILES string of the molecule is [2H]C1([2H])Cc2ccc(Cl)cc2[C@@H](C)C([2H])(C)N1. The van der Waals surface area contributed by atoms with Crippen molar-refractivity contribution in [2.45, 2.75) is 32.2 Å². The molecule has 1 aromatic rings. The van der Waals surface area contributed by atoms with Crippen LogP contribution in [0.15, 0.2) is 18.2 Å². The molecule has 0 radical (unpaired) electrons. The van der Waals surface area contributed by atoms with Crippen molar-refractivity contribution in [3.05, 3.63) is 34.3 Å².